The minimum atomic E-state index is -0.833. The molecule has 2 aromatic rings. The molecule has 2 aromatic carbocycles. The quantitative estimate of drug-likeness (QED) is 0.781. The molecule has 0 N–H and O–H groups in total. The number of rotatable bonds is 5. The standard InChI is InChI=1S/C18H14N2O/c19-12-16(13-20)17(14-7-3-1-4-8-14)11-18(21)15-9-5-2-6-10-15/h1-10,16-17H,11H2. The summed E-state index contributed by atoms with van der Waals surface area (Å²) in [7, 11) is 0. The number of Topliss-reactive ketones (excluding diaryl/α,β-unsaturated/α-hetero) is 1. The zero-order chi connectivity index (χ0) is 15.1. The maximum absolute atomic E-state index is 12.3. The summed E-state index contributed by atoms with van der Waals surface area (Å²) in [6.07, 6.45) is 0.153. The van der Waals surface area contributed by atoms with Gasteiger partial charge in [0.15, 0.2) is 5.78 Å². The second-order valence-corrected chi connectivity index (χ2v) is 4.75. The van der Waals surface area contributed by atoms with E-state index in [0.717, 1.165) is 5.56 Å². The summed E-state index contributed by atoms with van der Waals surface area (Å²) in [5, 5.41) is 18.3. The van der Waals surface area contributed by atoms with Crippen molar-refractivity contribution >= 4 is 5.78 Å². The largest absolute Gasteiger partial charge is 0.294 e. The van der Waals surface area contributed by atoms with Crippen molar-refractivity contribution in [3.05, 3.63) is 71.8 Å². The van der Waals surface area contributed by atoms with E-state index in [1.165, 1.54) is 0 Å². The molecule has 0 saturated heterocycles. The van der Waals surface area contributed by atoms with Crippen molar-refractivity contribution in [1.29, 1.82) is 10.5 Å². The fourth-order valence-electron chi connectivity index (χ4n) is 2.28. The monoisotopic (exact) mass is 274 g/mol. The number of carbonyl (C=O) groups excluding carboxylic acids is 1. The first-order valence-corrected chi connectivity index (χ1v) is 6.68. The molecule has 21 heavy (non-hydrogen) atoms. The van der Waals surface area contributed by atoms with Gasteiger partial charge in [0.05, 0.1) is 12.1 Å². The minimum absolute atomic E-state index is 0.0556. The van der Waals surface area contributed by atoms with Crippen LogP contribution in [0.4, 0.5) is 0 Å². The lowest BCUT2D eigenvalue weighted by Crippen LogP contribution is -2.15. The van der Waals surface area contributed by atoms with Crippen molar-refractivity contribution in [3.8, 4) is 12.1 Å². The summed E-state index contributed by atoms with van der Waals surface area (Å²) in [5.41, 5.74) is 1.45. The number of hydrogen-bond donors (Lipinski definition) is 0. The van der Waals surface area contributed by atoms with Crippen LogP contribution in [0.1, 0.15) is 28.3 Å². The van der Waals surface area contributed by atoms with Crippen molar-refractivity contribution in [2.45, 2.75) is 12.3 Å². The number of nitrogens with zero attached hydrogens (tertiary/aromatic N) is 2. The normalized spacial score (nSPS) is 11.4. The Morgan fingerprint density at radius 1 is 0.905 bits per heavy atom. The molecule has 0 amide bonds. The lowest BCUT2D eigenvalue weighted by atomic mass is 9.83. The number of benzene rings is 2. The number of hydrogen-bond acceptors (Lipinski definition) is 3. The molecule has 1 unspecified atom stereocenters. The van der Waals surface area contributed by atoms with E-state index in [-0.39, 0.29) is 12.2 Å². The molecule has 1 atom stereocenters. The van der Waals surface area contributed by atoms with E-state index in [1.54, 1.807) is 24.3 Å². The van der Waals surface area contributed by atoms with Crippen molar-refractivity contribution in [3.63, 3.8) is 0 Å². The SMILES string of the molecule is N#CC(C#N)C(CC(=O)c1ccccc1)c1ccccc1. The van der Waals surface area contributed by atoms with Crippen LogP contribution in [0.5, 0.6) is 0 Å². The highest BCUT2D eigenvalue weighted by molar-refractivity contribution is 5.96. The highest BCUT2D eigenvalue weighted by Crippen LogP contribution is 2.29. The van der Waals surface area contributed by atoms with Crippen molar-refractivity contribution in [2.75, 3.05) is 0 Å². The van der Waals surface area contributed by atoms with Gasteiger partial charge in [0.2, 0.25) is 0 Å². The molecule has 0 fully saturated rings. The van der Waals surface area contributed by atoms with Crippen LogP contribution >= 0.6 is 0 Å². The van der Waals surface area contributed by atoms with Crippen LogP contribution in [0.25, 0.3) is 0 Å². The molecule has 0 aliphatic carbocycles. The minimum Gasteiger partial charge on any atom is -0.294 e. The molecule has 0 aromatic heterocycles. The lowest BCUT2D eigenvalue weighted by Gasteiger charge is -2.17. The lowest BCUT2D eigenvalue weighted by molar-refractivity contribution is 0.0971. The summed E-state index contributed by atoms with van der Waals surface area (Å²) in [5.74, 6) is -1.30. The van der Waals surface area contributed by atoms with Gasteiger partial charge in [-0.3, -0.25) is 4.79 Å². The van der Waals surface area contributed by atoms with Crippen LogP contribution in [-0.4, -0.2) is 5.78 Å². The van der Waals surface area contributed by atoms with E-state index in [0.29, 0.717) is 5.56 Å². The molecular weight excluding hydrogens is 260 g/mol. The molecule has 0 aliphatic rings. The highest BCUT2D eigenvalue weighted by Gasteiger charge is 2.26. The van der Waals surface area contributed by atoms with Gasteiger partial charge in [-0.15, -0.1) is 0 Å². The topological polar surface area (TPSA) is 64.7 Å². The van der Waals surface area contributed by atoms with Crippen LogP contribution in [0.2, 0.25) is 0 Å². The van der Waals surface area contributed by atoms with Gasteiger partial charge in [-0.05, 0) is 5.56 Å². The number of carbonyl (C=O) groups is 1. The predicted molar refractivity (Wildman–Crippen MR) is 79.3 cm³/mol. The van der Waals surface area contributed by atoms with Crippen molar-refractivity contribution in [1.82, 2.24) is 0 Å². The molecule has 3 nitrogen and oxygen atoms in total. The van der Waals surface area contributed by atoms with Crippen molar-refractivity contribution < 1.29 is 4.79 Å². The van der Waals surface area contributed by atoms with E-state index in [9.17, 15) is 4.79 Å². The Hall–Kier alpha value is -2.91. The smallest absolute Gasteiger partial charge is 0.163 e. The average molecular weight is 274 g/mol. The highest BCUT2D eigenvalue weighted by atomic mass is 16.1. The summed E-state index contributed by atoms with van der Waals surface area (Å²) in [6.45, 7) is 0. The first-order chi connectivity index (χ1) is 10.3. The van der Waals surface area contributed by atoms with Crippen LogP contribution in [0, 0.1) is 28.6 Å². The molecular formula is C18H14N2O. The van der Waals surface area contributed by atoms with Crippen LogP contribution in [0.3, 0.4) is 0 Å². The molecule has 0 bridgehead atoms. The number of nitriles is 2. The summed E-state index contributed by atoms with van der Waals surface area (Å²) in [4.78, 5) is 12.3. The van der Waals surface area contributed by atoms with Crippen LogP contribution in [0.15, 0.2) is 60.7 Å². The van der Waals surface area contributed by atoms with E-state index in [1.807, 2.05) is 48.5 Å². The Kier molecular flexibility index (Phi) is 4.85. The summed E-state index contributed by atoms with van der Waals surface area (Å²) >= 11 is 0. The second kappa shape index (κ2) is 7.03. The van der Waals surface area contributed by atoms with E-state index in [4.69, 9.17) is 10.5 Å². The molecule has 2 rings (SSSR count). The predicted octanol–water partition coefficient (Wildman–Crippen LogP) is 3.71. The van der Waals surface area contributed by atoms with Gasteiger partial charge in [-0.1, -0.05) is 60.7 Å². The Balaban J connectivity index is 2.28. The molecule has 0 saturated carbocycles. The zero-order valence-electron chi connectivity index (χ0n) is 11.4. The zero-order valence-corrected chi connectivity index (χ0v) is 11.4. The van der Waals surface area contributed by atoms with Crippen LogP contribution in [-0.2, 0) is 0 Å². The van der Waals surface area contributed by atoms with Gasteiger partial charge in [0, 0.05) is 17.9 Å². The Labute approximate surface area is 124 Å². The van der Waals surface area contributed by atoms with Gasteiger partial charge in [-0.2, -0.15) is 10.5 Å². The Morgan fingerprint density at radius 3 is 1.95 bits per heavy atom. The number of ketones is 1. The molecule has 0 aliphatic heterocycles. The Bertz CT molecular complexity index is 667. The first-order valence-electron chi connectivity index (χ1n) is 6.68. The summed E-state index contributed by atoms with van der Waals surface area (Å²) < 4.78 is 0. The average Bonchev–Trinajstić information content (AvgIpc) is 2.56. The molecule has 0 radical (unpaired) electrons. The third kappa shape index (κ3) is 3.55. The second-order valence-electron chi connectivity index (χ2n) is 4.75. The fourth-order valence-corrected chi connectivity index (χ4v) is 2.28. The third-order valence-corrected chi connectivity index (χ3v) is 3.41. The van der Waals surface area contributed by atoms with Gasteiger partial charge >= 0.3 is 0 Å². The summed E-state index contributed by atoms with van der Waals surface area (Å²) in [6, 6.07) is 22.2. The van der Waals surface area contributed by atoms with Crippen molar-refractivity contribution in [2.24, 2.45) is 5.92 Å². The van der Waals surface area contributed by atoms with Gasteiger partial charge < -0.3 is 0 Å². The molecule has 0 spiro atoms. The molecule has 3 heteroatoms. The van der Waals surface area contributed by atoms with E-state index in [2.05, 4.69) is 0 Å². The van der Waals surface area contributed by atoms with E-state index >= 15 is 0 Å². The Morgan fingerprint density at radius 2 is 1.43 bits per heavy atom. The van der Waals surface area contributed by atoms with Crippen LogP contribution < -0.4 is 0 Å². The molecule has 0 heterocycles. The fraction of sp³-hybridized carbons (Fsp3) is 0.167. The molecule has 102 valence electrons. The van der Waals surface area contributed by atoms with Gasteiger partial charge in [0.25, 0.3) is 0 Å². The van der Waals surface area contributed by atoms with Gasteiger partial charge in [0.1, 0.15) is 5.92 Å². The van der Waals surface area contributed by atoms with E-state index < -0.39 is 11.8 Å². The first kappa shape index (κ1) is 14.5. The maximum Gasteiger partial charge on any atom is 0.163 e. The maximum atomic E-state index is 12.3. The third-order valence-electron chi connectivity index (χ3n) is 3.41. The van der Waals surface area contributed by atoms with Gasteiger partial charge in [-0.25, -0.2) is 0 Å².